The van der Waals surface area contributed by atoms with E-state index in [0.717, 1.165) is 44.6 Å². The third-order valence-electron chi connectivity index (χ3n) is 4.90. The first-order valence-corrected chi connectivity index (χ1v) is 8.96. The Morgan fingerprint density at radius 1 is 1.05 bits per heavy atom. The van der Waals surface area contributed by atoms with Crippen LogP contribution in [0.15, 0.2) is 0 Å². The van der Waals surface area contributed by atoms with Gasteiger partial charge in [-0.05, 0) is 19.3 Å². The predicted molar refractivity (Wildman–Crippen MR) is 79.9 cm³/mol. The van der Waals surface area contributed by atoms with Gasteiger partial charge in [0.1, 0.15) is 0 Å². The Kier molecular flexibility index (Phi) is 5.07. The quantitative estimate of drug-likeness (QED) is 0.791. The smallest absolute Gasteiger partial charge is 0.0701 e. The molecule has 1 atom stereocenters. The topological polar surface area (TPSA) is 21.7 Å². The number of nitrogens with zero attached hydrogens (tertiary/aromatic N) is 1. The van der Waals surface area contributed by atoms with E-state index in [0.29, 0.717) is 0 Å². The van der Waals surface area contributed by atoms with E-state index in [-0.39, 0.29) is 5.54 Å². The maximum atomic E-state index is 5.71. The summed E-state index contributed by atoms with van der Waals surface area (Å²) in [4.78, 5) is 2.65. The Morgan fingerprint density at radius 2 is 1.84 bits per heavy atom. The minimum absolute atomic E-state index is 0.214. The number of ether oxygens (including phenoxy) is 2. The molecule has 1 spiro atoms. The van der Waals surface area contributed by atoms with E-state index in [1.807, 2.05) is 0 Å². The summed E-state index contributed by atoms with van der Waals surface area (Å²) in [6, 6.07) is 0. The highest BCUT2D eigenvalue weighted by Gasteiger charge is 2.42. The number of morpholine rings is 1. The van der Waals surface area contributed by atoms with Gasteiger partial charge < -0.3 is 9.47 Å². The highest BCUT2D eigenvalue weighted by Crippen LogP contribution is 2.31. The highest BCUT2D eigenvalue weighted by molar-refractivity contribution is 7.99. The molecular formula is C15H27NO2S. The first kappa shape index (κ1) is 14.2. The molecule has 3 rings (SSSR count). The molecule has 1 aliphatic carbocycles. The maximum absolute atomic E-state index is 5.71. The van der Waals surface area contributed by atoms with Gasteiger partial charge in [0.25, 0.3) is 0 Å². The van der Waals surface area contributed by atoms with Crippen LogP contribution in [0.4, 0.5) is 0 Å². The van der Waals surface area contributed by atoms with Gasteiger partial charge in [0.2, 0.25) is 0 Å². The molecule has 0 aromatic heterocycles. The minimum atomic E-state index is 0.214. The molecule has 4 heteroatoms. The van der Waals surface area contributed by atoms with Gasteiger partial charge in [-0.1, -0.05) is 19.3 Å². The molecule has 0 aromatic rings. The number of hydrogen-bond donors (Lipinski definition) is 0. The van der Waals surface area contributed by atoms with Crippen molar-refractivity contribution >= 4 is 11.8 Å². The first-order chi connectivity index (χ1) is 9.39. The van der Waals surface area contributed by atoms with Gasteiger partial charge in [0.15, 0.2) is 0 Å². The summed E-state index contributed by atoms with van der Waals surface area (Å²) in [6.07, 6.45) is 8.41. The third-order valence-corrected chi connectivity index (χ3v) is 6.26. The fourth-order valence-corrected chi connectivity index (χ4v) is 4.96. The van der Waals surface area contributed by atoms with Crippen LogP contribution >= 0.6 is 11.8 Å². The lowest BCUT2D eigenvalue weighted by Crippen LogP contribution is -2.58. The third kappa shape index (κ3) is 3.46. The van der Waals surface area contributed by atoms with E-state index in [2.05, 4.69) is 16.7 Å². The predicted octanol–water partition coefficient (Wildman–Crippen LogP) is 2.54. The average molecular weight is 285 g/mol. The molecule has 0 bridgehead atoms. The second-order valence-electron chi connectivity index (χ2n) is 6.20. The standard InChI is InChI=1S/C15H27NO2S/c1-2-4-14(5-3-1)19-11-8-16-7-10-18-13-15(16)6-9-17-12-15/h14H,1-13H2/t15-/m1/s1. The maximum Gasteiger partial charge on any atom is 0.0701 e. The molecule has 2 saturated heterocycles. The van der Waals surface area contributed by atoms with E-state index in [1.54, 1.807) is 0 Å². The lowest BCUT2D eigenvalue weighted by molar-refractivity contribution is -0.0676. The van der Waals surface area contributed by atoms with Gasteiger partial charge in [-0.25, -0.2) is 0 Å². The van der Waals surface area contributed by atoms with Gasteiger partial charge in [-0.15, -0.1) is 0 Å². The number of hydrogen-bond acceptors (Lipinski definition) is 4. The van der Waals surface area contributed by atoms with Crippen LogP contribution in [-0.2, 0) is 9.47 Å². The van der Waals surface area contributed by atoms with Crippen LogP contribution < -0.4 is 0 Å². The molecular weight excluding hydrogens is 258 g/mol. The Labute approximate surface area is 121 Å². The largest absolute Gasteiger partial charge is 0.379 e. The molecule has 1 saturated carbocycles. The van der Waals surface area contributed by atoms with Crippen LogP contribution in [0.5, 0.6) is 0 Å². The summed E-state index contributed by atoms with van der Waals surface area (Å²) in [5.41, 5.74) is 0.214. The molecule has 19 heavy (non-hydrogen) atoms. The molecule has 0 amide bonds. The lowest BCUT2D eigenvalue weighted by Gasteiger charge is -2.43. The van der Waals surface area contributed by atoms with Crippen LogP contribution in [0.2, 0.25) is 0 Å². The molecule has 110 valence electrons. The highest BCUT2D eigenvalue weighted by atomic mass is 32.2. The zero-order valence-electron chi connectivity index (χ0n) is 11.9. The van der Waals surface area contributed by atoms with Crippen molar-refractivity contribution in [2.45, 2.75) is 49.3 Å². The van der Waals surface area contributed by atoms with Crippen LogP contribution in [0.3, 0.4) is 0 Å². The van der Waals surface area contributed by atoms with E-state index < -0.39 is 0 Å². The molecule has 2 heterocycles. The van der Waals surface area contributed by atoms with Crippen molar-refractivity contribution in [1.82, 2.24) is 4.90 Å². The van der Waals surface area contributed by atoms with Crippen molar-refractivity contribution in [1.29, 1.82) is 0 Å². The molecule has 3 fully saturated rings. The SMILES string of the molecule is C1CCC(SCCN2CCOC[C@]23CCOC3)CC1. The Hall–Kier alpha value is 0.230. The second kappa shape index (κ2) is 6.79. The monoisotopic (exact) mass is 285 g/mol. The molecule has 2 aliphatic heterocycles. The van der Waals surface area contributed by atoms with Crippen molar-refractivity contribution in [3.63, 3.8) is 0 Å². The first-order valence-electron chi connectivity index (χ1n) is 7.91. The van der Waals surface area contributed by atoms with Crippen LogP contribution in [0.1, 0.15) is 38.5 Å². The van der Waals surface area contributed by atoms with Crippen LogP contribution in [0, 0.1) is 0 Å². The van der Waals surface area contributed by atoms with E-state index >= 15 is 0 Å². The van der Waals surface area contributed by atoms with Gasteiger partial charge >= 0.3 is 0 Å². The van der Waals surface area contributed by atoms with Crippen molar-refractivity contribution in [2.24, 2.45) is 0 Å². The molecule has 0 aromatic carbocycles. The Bertz CT molecular complexity index is 275. The number of rotatable bonds is 4. The Balaban J connectivity index is 1.45. The summed E-state index contributed by atoms with van der Waals surface area (Å²) >= 11 is 2.21. The van der Waals surface area contributed by atoms with Crippen LogP contribution in [0.25, 0.3) is 0 Å². The fourth-order valence-electron chi connectivity index (χ4n) is 3.64. The zero-order valence-corrected chi connectivity index (χ0v) is 12.8. The van der Waals surface area contributed by atoms with Crippen molar-refractivity contribution < 1.29 is 9.47 Å². The van der Waals surface area contributed by atoms with Gasteiger partial charge in [0, 0.05) is 30.7 Å². The summed E-state index contributed by atoms with van der Waals surface area (Å²) in [5, 5.41) is 0.936. The van der Waals surface area contributed by atoms with Crippen molar-refractivity contribution in [2.75, 3.05) is 45.3 Å². The molecule has 3 aliphatic rings. The zero-order chi connectivity index (χ0) is 13.0. The van der Waals surface area contributed by atoms with E-state index in [4.69, 9.17) is 9.47 Å². The summed E-state index contributed by atoms with van der Waals surface area (Å²) in [5.74, 6) is 1.28. The van der Waals surface area contributed by atoms with Gasteiger partial charge in [-0.2, -0.15) is 11.8 Å². The van der Waals surface area contributed by atoms with Gasteiger partial charge in [-0.3, -0.25) is 4.90 Å². The molecule has 0 N–H and O–H groups in total. The van der Waals surface area contributed by atoms with Gasteiger partial charge in [0.05, 0.1) is 25.4 Å². The Morgan fingerprint density at radius 3 is 2.63 bits per heavy atom. The summed E-state index contributed by atoms with van der Waals surface area (Å²) in [6.45, 7) is 5.87. The molecule has 0 radical (unpaired) electrons. The second-order valence-corrected chi connectivity index (χ2v) is 7.61. The van der Waals surface area contributed by atoms with Crippen molar-refractivity contribution in [3.05, 3.63) is 0 Å². The summed E-state index contributed by atoms with van der Waals surface area (Å²) < 4.78 is 11.3. The normalized spacial score (nSPS) is 34.1. The van der Waals surface area contributed by atoms with Crippen molar-refractivity contribution in [3.8, 4) is 0 Å². The summed E-state index contributed by atoms with van der Waals surface area (Å²) in [7, 11) is 0. The van der Waals surface area contributed by atoms with E-state index in [1.165, 1.54) is 44.4 Å². The lowest BCUT2D eigenvalue weighted by atomic mass is 9.96. The number of thioether (sulfide) groups is 1. The van der Waals surface area contributed by atoms with E-state index in [9.17, 15) is 0 Å². The van der Waals surface area contributed by atoms with Crippen LogP contribution in [-0.4, -0.2) is 61.0 Å². The molecule has 0 unspecified atom stereocenters. The fraction of sp³-hybridized carbons (Fsp3) is 1.00. The average Bonchev–Trinajstić information content (AvgIpc) is 2.92. The minimum Gasteiger partial charge on any atom is -0.379 e. The molecule has 3 nitrogen and oxygen atoms in total.